The van der Waals surface area contributed by atoms with Gasteiger partial charge in [-0.2, -0.15) is 0 Å². The largest absolute Gasteiger partial charge is 0.308 e. The second kappa shape index (κ2) is 12.6. The van der Waals surface area contributed by atoms with E-state index in [2.05, 4.69) is 220 Å². The number of hydrogen-bond donors (Lipinski definition) is 0. The van der Waals surface area contributed by atoms with Crippen LogP contribution in [0.1, 0.15) is 48.6 Å². The molecule has 12 rings (SSSR count). The first-order valence-electron chi connectivity index (χ1n) is 20.7. The van der Waals surface area contributed by atoms with Crippen molar-refractivity contribution in [3.63, 3.8) is 0 Å². The first kappa shape index (κ1) is 34.3. The molecule has 0 atom stereocenters. The summed E-state index contributed by atoms with van der Waals surface area (Å²) in [5.74, 6) is 0. The number of para-hydroxylation sites is 1. The van der Waals surface area contributed by atoms with Gasteiger partial charge in [0.15, 0.2) is 0 Å². The van der Waals surface area contributed by atoms with Crippen LogP contribution in [0, 0.1) is 0 Å². The highest BCUT2D eigenvalue weighted by atomic mass is 32.1. The van der Waals surface area contributed by atoms with Crippen LogP contribution < -0.4 is 4.90 Å². The Morgan fingerprint density at radius 2 is 0.966 bits per heavy atom. The van der Waals surface area contributed by atoms with Crippen LogP contribution in [0.15, 0.2) is 194 Å². The first-order chi connectivity index (χ1) is 28.9. The van der Waals surface area contributed by atoms with Crippen molar-refractivity contribution >= 4 is 59.3 Å². The molecule has 1 heterocycles. The summed E-state index contributed by atoms with van der Waals surface area (Å²) in [5, 5.41) is 5.26. The first-order valence-corrected chi connectivity index (χ1v) is 21.5. The third kappa shape index (κ3) is 4.78. The van der Waals surface area contributed by atoms with Crippen molar-refractivity contribution in [2.45, 2.75) is 31.6 Å². The quantitative estimate of drug-likeness (QED) is 0.172. The minimum Gasteiger partial charge on any atom is -0.308 e. The summed E-state index contributed by atoms with van der Waals surface area (Å²) in [4.78, 5) is 2.56. The van der Waals surface area contributed by atoms with E-state index in [0.29, 0.717) is 0 Å². The summed E-state index contributed by atoms with van der Waals surface area (Å²) in [7, 11) is 0. The average molecular weight is 772 g/mol. The monoisotopic (exact) mass is 771 g/mol. The minimum absolute atomic E-state index is 0.0277. The fraction of sp³-hybridized carbons (Fsp3) is 0.0877. The topological polar surface area (TPSA) is 3.24 Å². The number of nitrogens with zero attached hydrogens (tertiary/aromatic N) is 1. The summed E-state index contributed by atoms with van der Waals surface area (Å²) in [6.45, 7) is 7.05. The molecule has 0 saturated heterocycles. The van der Waals surface area contributed by atoms with Crippen LogP contribution in [0.5, 0.6) is 0 Å². The van der Waals surface area contributed by atoms with Crippen molar-refractivity contribution in [3.8, 4) is 33.4 Å². The number of rotatable bonds is 4. The second-order valence-corrected chi connectivity index (χ2v) is 18.2. The lowest BCUT2D eigenvalue weighted by Crippen LogP contribution is -2.26. The fourth-order valence-electron chi connectivity index (χ4n) is 10.5. The fourth-order valence-corrected chi connectivity index (χ4v) is 12.1. The highest BCUT2D eigenvalue weighted by Gasteiger charge is 2.51. The Morgan fingerprint density at radius 1 is 0.424 bits per heavy atom. The van der Waals surface area contributed by atoms with Gasteiger partial charge >= 0.3 is 0 Å². The predicted molar refractivity (Wildman–Crippen MR) is 252 cm³/mol. The van der Waals surface area contributed by atoms with Gasteiger partial charge in [0.1, 0.15) is 0 Å². The molecule has 0 N–H and O–H groups in total. The van der Waals surface area contributed by atoms with Crippen molar-refractivity contribution in [1.29, 1.82) is 0 Å². The van der Waals surface area contributed by atoms with E-state index < -0.39 is 5.41 Å². The smallest absolute Gasteiger partial charge is 0.0726 e. The number of fused-ring (bicyclic) bond motifs is 15. The number of anilines is 3. The number of benzene rings is 9. The molecule has 10 aromatic rings. The molecular formula is C57H41NS. The van der Waals surface area contributed by atoms with Crippen molar-refractivity contribution in [2.24, 2.45) is 0 Å². The van der Waals surface area contributed by atoms with Crippen molar-refractivity contribution in [2.75, 3.05) is 4.90 Å². The van der Waals surface area contributed by atoms with Gasteiger partial charge < -0.3 is 4.90 Å². The van der Waals surface area contributed by atoms with Gasteiger partial charge in [-0.25, -0.2) is 0 Å². The molecule has 0 aliphatic heterocycles. The van der Waals surface area contributed by atoms with Crippen molar-refractivity contribution in [1.82, 2.24) is 0 Å². The predicted octanol–water partition coefficient (Wildman–Crippen LogP) is 16.0. The molecule has 1 nitrogen and oxygen atoms in total. The zero-order chi connectivity index (χ0) is 39.5. The van der Waals surface area contributed by atoms with Crippen LogP contribution in [0.3, 0.4) is 0 Å². The lowest BCUT2D eigenvalue weighted by Gasteiger charge is -2.33. The zero-order valence-electron chi connectivity index (χ0n) is 33.3. The molecule has 0 unspecified atom stereocenters. The van der Waals surface area contributed by atoms with Crippen LogP contribution >= 0.6 is 11.3 Å². The van der Waals surface area contributed by atoms with Gasteiger partial charge in [0.05, 0.1) is 21.5 Å². The molecule has 2 aliphatic carbocycles. The van der Waals surface area contributed by atoms with Crippen molar-refractivity contribution < 1.29 is 0 Å². The van der Waals surface area contributed by atoms with Gasteiger partial charge in [0.2, 0.25) is 0 Å². The Hall–Kier alpha value is -6.74. The SMILES string of the molecule is CC(C)(C)c1cc2ccccc2c2c1sc1c(N(c3ccc4c(c3)C3(c5ccccc5-c5ccccc53)c3ccccc3-4)c3ccccc3-c3ccccc3)cccc12. The highest BCUT2D eigenvalue weighted by Crippen LogP contribution is 2.63. The maximum absolute atomic E-state index is 2.56. The van der Waals surface area contributed by atoms with Gasteiger partial charge in [0.25, 0.3) is 0 Å². The number of thiophene rings is 1. The Balaban J connectivity index is 1.19. The Bertz CT molecular complexity index is 3260. The van der Waals surface area contributed by atoms with E-state index in [4.69, 9.17) is 0 Å². The van der Waals surface area contributed by atoms with Gasteiger partial charge in [-0.1, -0.05) is 185 Å². The lowest BCUT2D eigenvalue weighted by molar-refractivity contribution is 0.597. The lowest BCUT2D eigenvalue weighted by atomic mass is 9.70. The Kier molecular flexibility index (Phi) is 7.34. The molecule has 2 aliphatic rings. The van der Waals surface area contributed by atoms with Gasteiger partial charge in [-0.15, -0.1) is 11.3 Å². The minimum atomic E-state index is -0.441. The van der Waals surface area contributed by atoms with Crippen LogP contribution in [0.25, 0.3) is 64.3 Å². The molecule has 0 bridgehead atoms. The molecule has 1 aromatic heterocycles. The standard InChI is InChI=1S/C57H41NS/c1-56(2,3)50-34-37-20-7-8-22-40(37)53-45-26-17-31-52(54(45)59-55(50)53)58(51-30-16-12-21-39(51)36-18-5-4-6-19-36)38-32-33-44-43-25-11-15-29-48(43)57(49(44)35-38)46-27-13-9-23-41(46)42-24-10-14-28-47(42)57/h4-35H,1-3H3. The molecule has 1 spiro atoms. The third-order valence-corrected chi connectivity index (χ3v) is 14.2. The molecule has 2 heteroatoms. The highest BCUT2D eigenvalue weighted by molar-refractivity contribution is 7.26. The van der Waals surface area contributed by atoms with Crippen LogP contribution in [0.4, 0.5) is 17.1 Å². The summed E-state index contributed by atoms with van der Waals surface area (Å²) in [6.07, 6.45) is 0. The van der Waals surface area contributed by atoms with Crippen LogP contribution in [-0.4, -0.2) is 0 Å². The summed E-state index contributed by atoms with van der Waals surface area (Å²) >= 11 is 1.95. The molecule has 9 aromatic carbocycles. The average Bonchev–Trinajstić information content (AvgIpc) is 3.91. The summed E-state index contributed by atoms with van der Waals surface area (Å²) in [6, 6.07) is 72.7. The van der Waals surface area contributed by atoms with E-state index in [1.54, 1.807) is 0 Å². The van der Waals surface area contributed by atoms with Gasteiger partial charge in [-0.3, -0.25) is 0 Å². The number of hydrogen-bond acceptors (Lipinski definition) is 2. The van der Waals surface area contributed by atoms with Crippen LogP contribution in [0.2, 0.25) is 0 Å². The van der Waals surface area contributed by atoms with Gasteiger partial charge in [0, 0.05) is 26.7 Å². The Morgan fingerprint density at radius 3 is 1.64 bits per heavy atom. The molecular weight excluding hydrogens is 731 g/mol. The zero-order valence-corrected chi connectivity index (χ0v) is 34.1. The molecule has 0 saturated carbocycles. The maximum atomic E-state index is 2.56. The summed E-state index contributed by atoms with van der Waals surface area (Å²) in [5.41, 5.74) is 17.5. The van der Waals surface area contributed by atoms with Crippen molar-refractivity contribution in [3.05, 3.63) is 222 Å². The Labute approximate surface area is 349 Å². The normalized spacial score (nSPS) is 13.5. The molecule has 0 amide bonds. The summed E-state index contributed by atoms with van der Waals surface area (Å²) < 4.78 is 2.67. The van der Waals surface area contributed by atoms with E-state index in [1.165, 1.54) is 97.8 Å². The molecule has 0 radical (unpaired) electrons. The van der Waals surface area contributed by atoms with E-state index in [-0.39, 0.29) is 5.41 Å². The maximum Gasteiger partial charge on any atom is 0.0726 e. The third-order valence-electron chi connectivity index (χ3n) is 13.0. The van der Waals surface area contributed by atoms with E-state index in [9.17, 15) is 0 Å². The van der Waals surface area contributed by atoms with E-state index in [1.807, 2.05) is 11.3 Å². The molecule has 280 valence electrons. The second-order valence-electron chi connectivity index (χ2n) is 17.2. The van der Waals surface area contributed by atoms with E-state index >= 15 is 0 Å². The van der Waals surface area contributed by atoms with Gasteiger partial charge in [-0.05, 0) is 102 Å². The van der Waals surface area contributed by atoms with E-state index in [0.717, 1.165) is 11.4 Å². The molecule has 0 fully saturated rings. The van der Waals surface area contributed by atoms with Crippen LogP contribution in [-0.2, 0) is 10.8 Å². The molecule has 59 heavy (non-hydrogen) atoms.